The van der Waals surface area contributed by atoms with Crippen LogP contribution in [0, 0.1) is 0 Å². The van der Waals surface area contributed by atoms with Gasteiger partial charge in [-0.05, 0) is 6.92 Å². The minimum atomic E-state index is -0.566. The van der Waals surface area contributed by atoms with E-state index in [0.717, 1.165) is 4.57 Å². The monoisotopic (exact) mass is 360 g/mol. The van der Waals surface area contributed by atoms with E-state index in [9.17, 15) is 14.4 Å². The molecule has 20 heavy (non-hydrogen) atoms. The average molecular weight is 361 g/mol. The van der Waals surface area contributed by atoms with Crippen molar-refractivity contribution in [2.45, 2.75) is 18.8 Å². The maximum Gasteiger partial charge on any atom is 0.339 e. The van der Waals surface area contributed by atoms with Gasteiger partial charge in [-0.3, -0.25) is 13.9 Å². The number of thiophene rings is 1. The number of carbonyl (C=O) groups is 1. The zero-order valence-corrected chi connectivity index (χ0v) is 13.6. The van der Waals surface area contributed by atoms with Crippen LogP contribution in [-0.2, 0) is 23.7 Å². The number of aromatic nitrogens is 2. The Morgan fingerprint density at radius 3 is 2.55 bits per heavy atom. The lowest BCUT2D eigenvalue weighted by molar-refractivity contribution is 0.0602. The molecule has 0 spiro atoms. The van der Waals surface area contributed by atoms with Crippen molar-refractivity contribution in [3.8, 4) is 0 Å². The van der Waals surface area contributed by atoms with Crippen LogP contribution in [0.25, 0.3) is 10.2 Å². The number of aryl methyl sites for hydroxylation is 1. The molecular weight excluding hydrogens is 348 g/mol. The van der Waals surface area contributed by atoms with Crippen LogP contribution in [0.15, 0.2) is 9.59 Å². The van der Waals surface area contributed by atoms with Crippen LogP contribution in [0.1, 0.15) is 22.2 Å². The van der Waals surface area contributed by atoms with E-state index in [4.69, 9.17) is 4.74 Å². The van der Waals surface area contributed by atoms with Crippen LogP contribution in [-0.4, -0.2) is 22.2 Å². The summed E-state index contributed by atoms with van der Waals surface area (Å²) in [4.78, 5) is 37.5. The Hall–Kier alpha value is -1.41. The number of carbonyl (C=O) groups excluding carboxylic acids is 1. The largest absolute Gasteiger partial charge is 0.465 e. The molecule has 108 valence electrons. The van der Waals surface area contributed by atoms with Crippen LogP contribution in [0.3, 0.4) is 0 Å². The Labute approximate surface area is 126 Å². The molecule has 0 saturated heterocycles. The maximum absolute atomic E-state index is 12.3. The number of nitrogens with zero attached hydrogens (tertiary/aromatic N) is 2. The molecule has 0 bridgehead atoms. The average Bonchev–Trinajstić information content (AvgIpc) is 2.84. The van der Waals surface area contributed by atoms with Crippen molar-refractivity contribution < 1.29 is 9.53 Å². The molecule has 0 amide bonds. The number of ether oxygens (including phenoxy) is 1. The minimum Gasteiger partial charge on any atom is -0.465 e. The quantitative estimate of drug-likeness (QED) is 0.613. The minimum absolute atomic E-state index is 0.243. The van der Waals surface area contributed by atoms with Gasteiger partial charge in [0.25, 0.3) is 5.56 Å². The number of alkyl halides is 1. The molecule has 0 aliphatic rings. The lowest BCUT2D eigenvalue weighted by atomic mass is 10.2. The molecule has 0 aliphatic heterocycles. The molecule has 0 aromatic carbocycles. The van der Waals surface area contributed by atoms with E-state index in [1.807, 2.05) is 6.92 Å². The zero-order valence-electron chi connectivity index (χ0n) is 11.2. The Balaban J connectivity index is 3.08. The lowest BCUT2D eigenvalue weighted by Gasteiger charge is -2.06. The Bertz CT molecular complexity index is 802. The third-order valence-electron chi connectivity index (χ3n) is 3.07. The number of fused-ring (bicyclic) bond motifs is 1. The van der Waals surface area contributed by atoms with Gasteiger partial charge in [-0.15, -0.1) is 11.3 Å². The van der Waals surface area contributed by atoms with E-state index in [1.165, 1.54) is 30.1 Å². The number of hydrogen-bond donors (Lipinski definition) is 0. The molecule has 2 rings (SSSR count). The topological polar surface area (TPSA) is 70.3 Å². The first-order valence-corrected chi connectivity index (χ1v) is 7.81. The van der Waals surface area contributed by atoms with Crippen molar-refractivity contribution in [3.05, 3.63) is 31.3 Å². The molecule has 8 heteroatoms. The van der Waals surface area contributed by atoms with Crippen molar-refractivity contribution in [1.29, 1.82) is 0 Å². The van der Waals surface area contributed by atoms with Crippen molar-refractivity contribution in [3.63, 3.8) is 0 Å². The van der Waals surface area contributed by atoms with E-state index in [-0.39, 0.29) is 16.6 Å². The van der Waals surface area contributed by atoms with E-state index in [0.29, 0.717) is 21.6 Å². The van der Waals surface area contributed by atoms with Gasteiger partial charge in [0.1, 0.15) is 4.83 Å². The first-order chi connectivity index (χ1) is 9.47. The fourth-order valence-corrected chi connectivity index (χ4v) is 3.87. The summed E-state index contributed by atoms with van der Waals surface area (Å²) in [6.45, 7) is 2.24. The van der Waals surface area contributed by atoms with Crippen molar-refractivity contribution in [2.24, 2.45) is 7.05 Å². The molecule has 0 N–H and O–H groups in total. The summed E-state index contributed by atoms with van der Waals surface area (Å²) in [7, 11) is 2.67. The standard InChI is InChI=1S/C12H13BrN2O4S/c1-4-15-10-8(9(16)14(2)12(15)18)7(11(17)19-3)6(5-13)20-10/h4-5H2,1-3H3. The summed E-state index contributed by atoms with van der Waals surface area (Å²) in [5.41, 5.74) is -0.616. The highest BCUT2D eigenvalue weighted by Gasteiger charge is 2.24. The summed E-state index contributed by atoms with van der Waals surface area (Å²) in [6, 6.07) is 0. The van der Waals surface area contributed by atoms with E-state index < -0.39 is 11.5 Å². The molecule has 0 aliphatic carbocycles. The van der Waals surface area contributed by atoms with Crippen molar-refractivity contribution in [1.82, 2.24) is 9.13 Å². The summed E-state index contributed by atoms with van der Waals surface area (Å²) in [6.07, 6.45) is 0. The van der Waals surface area contributed by atoms with Crippen molar-refractivity contribution in [2.75, 3.05) is 7.11 Å². The molecule has 0 radical (unpaired) electrons. The number of rotatable bonds is 3. The predicted molar refractivity (Wildman–Crippen MR) is 81.0 cm³/mol. The molecular formula is C12H13BrN2O4S. The fourth-order valence-electron chi connectivity index (χ4n) is 2.07. The summed E-state index contributed by atoms with van der Waals surface area (Å²) in [5.74, 6) is -0.566. The van der Waals surface area contributed by atoms with Gasteiger partial charge < -0.3 is 4.74 Å². The van der Waals surface area contributed by atoms with Gasteiger partial charge in [0.15, 0.2) is 0 Å². The molecule has 0 unspecified atom stereocenters. The molecule has 2 heterocycles. The second kappa shape index (κ2) is 5.53. The number of hydrogen-bond acceptors (Lipinski definition) is 5. The van der Waals surface area contributed by atoms with Gasteiger partial charge in [0, 0.05) is 23.8 Å². The molecule has 0 fully saturated rings. The molecule has 2 aromatic heterocycles. The van der Waals surface area contributed by atoms with Crippen molar-refractivity contribution >= 4 is 43.5 Å². The zero-order chi connectivity index (χ0) is 15.0. The smallest absolute Gasteiger partial charge is 0.339 e. The molecule has 0 atom stereocenters. The first kappa shape index (κ1) is 15.0. The van der Waals surface area contributed by atoms with E-state index in [1.54, 1.807) is 0 Å². The molecule has 2 aromatic rings. The number of halogens is 1. The number of esters is 1. The SMILES string of the molecule is CCn1c(=O)n(C)c(=O)c2c(C(=O)OC)c(CBr)sc21. The predicted octanol–water partition coefficient (Wildman–Crippen LogP) is 1.46. The van der Waals surface area contributed by atoms with E-state index >= 15 is 0 Å². The molecule has 6 nitrogen and oxygen atoms in total. The summed E-state index contributed by atoms with van der Waals surface area (Å²) in [5, 5.41) is 0.665. The Morgan fingerprint density at radius 2 is 2.05 bits per heavy atom. The fraction of sp³-hybridized carbons (Fsp3) is 0.417. The number of methoxy groups -OCH3 is 1. The second-order valence-corrected chi connectivity index (χ2v) is 5.74. The van der Waals surface area contributed by atoms with Crippen LogP contribution < -0.4 is 11.2 Å². The van der Waals surface area contributed by atoms with Crippen LogP contribution >= 0.6 is 27.3 Å². The third-order valence-corrected chi connectivity index (χ3v) is 5.22. The van der Waals surface area contributed by atoms with Crippen LogP contribution in [0.4, 0.5) is 0 Å². The highest BCUT2D eigenvalue weighted by Crippen LogP contribution is 2.30. The van der Waals surface area contributed by atoms with Gasteiger partial charge in [-0.25, -0.2) is 9.59 Å². The van der Waals surface area contributed by atoms with Crippen LogP contribution in [0.5, 0.6) is 0 Å². The summed E-state index contributed by atoms with van der Waals surface area (Å²) >= 11 is 4.56. The Kier molecular flexibility index (Phi) is 4.14. The third kappa shape index (κ3) is 2.03. The highest BCUT2D eigenvalue weighted by atomic mass is 79.9. The van der Waals surface area contributed by atoms with Gasteiger partial charge in [-0.1, -0.05) is 15.9 Å². The molecule has 0 saturated carbocycles. The highest BCUT2D eigenvalue weighted by molar-refractivity contribution is 9.08. The lowest BCUT2D eigenvalue weighted by Crippen LogP contribution is -2.37. The van der Waals surface area contributed by atoms with Gasteiger partial charge >= 0.3 is 11.7 Å². The first-order valence-electron chi connectivity index (χ1n) is 5.87. The second-order valence-electron chi connectivity index (χ2n) is 4.10. The Morgan fingerprint density at radius 1 is 1.40 bits per heavy atom. The summed E-state index contributed by atoms with van der Waals surface area (Å²) < 4.78 is 7.26. The van der Waals surface area contributed by atoms with Gasteiger partial charge in [0.2, 0.25) is 0 Å². The van der Waals surface area contributed by atoms with Gasteiger partial charge in [0.05, 0.1) is 18.1 Å². The normalized spacial score (nSPS) is 11.0. The van der Waals surface area contributed by atoms with Crippen LogP contribution in [0.2, 0.25) is 0 Å². The maximum atomic E-state index is 12.3. The van der Waals surface area contributed by atoms with Gasteiger partial charge in [-0.2, -0.15) is 0 Å². The van der Waals surface area contributed by atoms with E-state index in [2.05, 4.69) is 15.9 Å².